The number of alkyl halides is 2. The normalized spacial score (nSPS) is 12.9. The Morgan fingerprint density at radius 2 is 1.76 bits per heavy atom. The monoisotopic (exact) mass is 296 g/mol. The number of benzene rings is 1. The molecule has 1 heterocycles. The van der Waals surface area contributed by atoms with Crippen LogP contribution in [0.3, 0.4) is 0 Å². The van der Waals surface area contributed by atoms with Crippen LogP contribution in [0.15, 0.2) is 28.8 Å². The second-order valence-corrected chi connectivity index (χ2v) is 5.24. The van der Waals surface area contributed by atoms with E-state index in [1.54, 1.807) is 12.1 Å². The van der Waals surface area contributed by atoms with Crippen molar-refractivity contribution in [3.63, 3.8) is 0 Å². The highest BCUT2D eigenvalue weighted by molar-refractivity contribution is 5.75. The van der Waals surface area contributed by atoms with Gasteiger partial charge in [-0.3, -0.25) is 0 Å². The van der Waals surface area contributed by atoms with E-state index in [0.717, 1.165) is 11.3 Å². The SMILES string of the molecule is CC(C)C(C)c1noc(N)c1-c1ccc(OC(F)F)cc1. The van der Waals surface area contributed by atoms with Gasteiger partial charge in [-0.1, -0.05) is 38.1 Å². The average Bonchev–Trinajstić information content (AvgIpc) is 2.80. The van der Waals surface area contributed by atoms with Crippen LogP contribution in [-0.4, -0.2) is 11.8 Å². The number of hydrogen-bond acceptors (Lipinski definition) is 4. The Morgan fingerprint density at radius 3 is 2.29 bits per heavy atom. The summed E-state index contributed by atoms with van der Waals surface area (Å²) in [6.45, 7) is 3.37. The minimum atomic E-state index is -2.84. The highest BCUT2D eigenvalue weighted by Crippen LogP contribution is 2.37. The minimum absolute atomic E-state index is 0.0993. The van der Waals surface area contributed by atoms with E-state index < -0.39 is 6.61 Å². The molecule has 4 nitrogen and oxygen atoms in total. The van der Waals surface area contributed by atoms with Gasteiger partial charge in [0.25, 0.3) is 0 Å². The third-order valence-electron chi connectivity index (χ3n) is 3.54. The molecule has 1 unspecified atom stereocenters. The van der Waals surface area contributed by atoms with Crippen LogP contribution in [0, 0.1) is 5.92 Å². The molecule has 0 radical (unpaired) electrons. The van der Waals surface area contributed by atoms with E-state index in [4.69, 9.17) is 10.3 Å². The molecule has 0 amide bonds. The lowest BCUT2D eigenvalue weighted by molar-refractivity contribution is -0.0498. The predicted octanol–water partition coefficient (Wildman–Crippen LogP) is 4.28. The summed E-state index contributed by atoms with van der Waals surface area (Å²) < 4.78 is 33.7. The molecule has 0 saturated carbocycles. The van der Waals surface area contributed by atoms with E-state index in [2.05, 4.69) is 23.7 Å². The molecule has 0 aliphatic heterocycles. The van der Waals surface area contributed by atoms with Crippen molar-refractivity contribution in [2.45, 2.75) is 33.3 Å². The summed E-state index contributed by atoms with van der Waals surface area (Å²) in [4.78, 5) is 0. The molecule has 0 aliphatic carbocycles. The summed E-state index contributed by atoms with van der Waals surface area (Å²) in [5.74, 6) is 0.856. The van der Waals surface area contributed by atoms with Crippen molar-refractivity contribution in [1.29, 1.82) is 0 Å². The van der Waals surface area contributed by atoms with Crippen molar-refractivity contribution < 1.29 is 18.0 Å². The van der Waals surface area contributed by atoms with Gasteiger partial charge in [-0.15, -0.1) is 0 Å². The van der Waals surface area contributed by atoms with Crippen LogP contribution in [0.5, 0.6) is 5.75 Å². The molecule has 1 atom stereocenters. The number of anilines is 1. The number of rotatable bonds is 5. The first-order chi connectivity index (χ1) is 9.90. The fourth-order valence-corrected chi connectivity index (χ4v) is 2.04. The lowest BCUT2D eigenvalue weighted by Gasteiger charge is -2.14. The summed E-state index contributed by atoms with van der Waals surface area (Å²) in [6, 6.07) is 6.27. The molecular formula is C15H18F2N2O2. The molecule has 114 valence electrons. The molecule has 2 rings (SSSR count). The summed E-state index contributed by atoms with van der Waals surface area (Å²) in [7, 11) is 0. The average molecular weight is 296 g/mol. The Hall–Kier alpha value is -2.11. The topological polar surface area (TPSA) is 61.3 Å². The van der Waals surface area contributed by atoms with Gasteiger partial charge in [0.2, 0.25) is 5.88 Å². The van der Waals surface area contributed by atoms with E-state index in [1.807, 2.05) is 6.92 Å². The van der Waals surface area contributed by atoms with Crippen molar-refractivity contribution in [2.75, 3.05) is 5.73 Å². The highest BCUT2D eigenvalue weighted by Gasteiger charge is 2.22. The number of nitrogen functional groups attached to an aromatic ring is 1. The Morgan fingerprint density at radius 1 is 1.14 bits per heavy atom. The van der Waals surface area contributed by atoms with Gasteiger partial charge in [0.15, 0.2) is 0 Å². The third-order valence-corrected chi connectivity index (χ3v) is 3.54. The van der Waals surface area contributed by atoms with Gasteiger partial charge in [-0.05, 0) is 23.6 Å². The molecule has 21 heavy (non-hydrogen) atoms. The maximum absolute atomic E-state index is 12.2. The van der Waals surface area contributed by atoms with Gasteiger partial charge in [-0.2, -0.15) is 8.78 Å². The molecule has 2 aromatic rings. The third kappa shape index (κ3) is 3.32. The molecule has 0 spiro atoms. The standard InChI is InChI=1S/C15H18F2N2O2/c1-8(2)9(3)13-12(14(18)21-19-13)10-4-6-11(7-5-10)20-15(16)17/h4-9,15H,18H2,1-3H3. The molecule has 0 aliphatic rings. The van der Waals surface area contributed by atoms with E-state index >= 15 is 0 Å². The molecule has 0 bridgehead atoms. The largest absolute Gasteiger partial charge is 0.435 e. The smallest absolute Gasteiger partial charge is 0.387 e. The number of halogens is 2. The number of nitrogens with zero attached hydrogens (tertiary/aromatic N) is 1. The Balaban J connectivity index is 2.35. The van der Waals surface area contributed by atoms with E-state index in [1.165, 1.54) is 12.1 Å². The first-order valence-electron chi connectivity index (χ1n) is 6.70. The van der Waals surface area contributed by atoms with Gasteiger partial charge in [0.1, 0.15) is 5.75 Å². The quantitative estimate of drug-likeness (QED) is 0.894. The lowest BCUT2D eigenvalue weighted by atomic mass is 9.90. The minimum Gasteiger partial charge on any atom is -0.435 e. The summed E-state index contributed by atoms with van der Waals surface area (Å²) in [5.41, 5.74) is 8.09. The van der Waals surface area contributed by atoms with Gasteiger partial charge in [0.05, 0.1) is 11.3 Å². The molecule has 1 aromatic heterocycles. The van der Waals surface area contributed by atoms with Crippen LogP contribution >= 0.6 is 0 Å². The first-order valence-corrected chi connectivity index (χ1v) is 6.70. The molecule has 1 aromatic carbocycles. The van der Waals surface area contributed by atoms with Crippen molar-refractivity contribution >= 4 is 5.88 Å². The molecule has 6 heteroatoms. The van der Waals surface area contributed by atoms with E-state index in [9.17, 15) is 8.78 Å². The Bertz CT molecular complexity index is 594. The van der Waals surface area contributed by atoms with Gasteiger partial charge in [-0.25, -0.2) is 0 Å². The van der Waals surface area contributed by atoms with Crippen LogP contribution in [-0.2, 0) is 0 Å². The number of aromatic nitrogens is 1. The Kier molecular flexibility index (Phi) is 4.45. The molecule has 0 fully saturated rings. The zero-order valence-corrected chi connectivity index (χ0v) is 12.1. The van der Waals surface area contributed by atoms with Crippen LogP contribution in [0.4, 0.5) is 14.7 Å². The van der Waals surface area contributed by atoms with Gasteiger partial charge < -0.3 is 15.0 Å². The van der Waals surface area contributed by atoms with E-state index in [-0.39, 0.29) is 17.6 Å². The molecule has 2 N–H and O–H groups in total. The van der Waals surface area contributed by atoms with E-state index in [0.29, 0.717) is 11.5 Å². The zero-order chi connectivity index (χ0) is 15.6. The molecule has 0 saturated heterocycles. The lowest BCUT2D eigenvalue weighted by Crippen LogP contribution is -2.04. The highest BCUT2D eigenvalue weighted by atomic mass is 19.3. The van der Waals surface area contributed by atoms with Crippen molar-refractivity contribution in [3.05, 3.63) is 30.0 Å². The fraction of sp³-hybridized carbons (Fsp3) is 0.400. The first kappa shape index (κ1) is 15.3. The van der Waals surface area contributed by atoms with Gasteiger partial charge in [0, 0.05) is 5.92 Å². The van der Waals surface area contributed by atoms with Crippen molar-refractivity contribution in [3.8, 4) is 16.9 Å². The predicted molar refractivity (Wildman–Crippen MR) is 76.2 cm³/mol. The zero-order valence-electron chi connectivity index (χ0n) is 12.1. The molecular weight excluding hydrogens is 278 g/mol. The van der Waals surface area contributed by atoms with Crippen LogP contribution < -0.4 is 10.5 Å². The second kappa shape index (κ2) is 6.11. The summed E-state index contributed by atoms with van der Waals surface area (Å²) in [5, 5.41) is 4.03. The number of ether oxygens (including phenoxy) is 1. The van der Waals surface area contributed by atoms with Crippen LogP contribution in [0.2, 0.25) is 0 Å². The summed E-state index contributed by atoms with van der Waals surface area (Å²) in [6.07, 6.45) is 0. The van der Waals surface area contributed by atoms with Crippen LogP contribution in [0.25, 0.3) is 11.1 Å². The Labute approximate surface area is 121 Å². The van der Waals surface area contributed by atoms with Crippen molar-refractivity contribution in [1.82, 2.24) is 5.16 Å². The summed E-state index contributed by atoms with van der Waals surface area (Å²) >= 11 is 0. The number of hydrogen-bond donors (Lipinski definition) is 1. The fourth-order valence-electron chi connectivity index (χ4n) is 2.04. The van der Waals surface area contributed by atoms with Gasteiger partial charge >= 0.3 is 6.61 Å². The number of nitrogens with two attached hydrogens (primary N) is 1. The van der Waals surface area contributed by atoms with Crippen LogP contribution in [0.1, 0.15) is 32.4 Å². The van der Waals surface area contributed by atoms with Crippen molar-refractivity contribution in [2.24, 2.45) is 5.92 Å². The maximum atomic E-state index is 12.2. The maximum Gasteiger partial charge on any atom is 0.387 e. The second-order valence-electron chi connectivity index (χ2n) is 5.24.